The number of rotatable bonds is 5. The Bertz CT molecular complexity index is 862. The van der Waals surface area contributed by atoms with E-state index < -0.39 is 0 Å². The van der Waals surface area contributed by atoms with Gasteiger partial charge in [0.25, 0.3) is 5.91 Å². The predicted molar refractivity (Wildman–Crippen MR) is 93.1 cm³/mol. The monoisotopic (exact) mass is 336 g/mol. The van der Waals surface area contributed by atoms with Crippen molar-refractivity contribution in [1.29, 1.82) is 0 Å². The third-order valence-corrected chi connectivity index (χ3v) is 4.69. The molecule has 2 aromatic heterocycles. The van der Waals surface area contributed by atoms with Crippen molar-refractivity contribution in [2.45, 2.75) is 38.3 Å². The van der Waals surface area contributed by atoms with Gasteiger partial charge in [0.05, 0.1) is 12.2 Å². The zero-order valence-electron chi connectivity index (χ0n) is 14.1. The average Bonchev–Trinajstić information content (AvgIpc) is 3.27. The van der Waals surface area contributed by atoms with Gasteiger partial charge in [-0.2, -0.15) is 5.10 Å². The van der Waals surface area contributed by atoms with Gasteiger partial charge in [-0.1, -0.05) is 42.4 Å². The molecule has 128 valence electrons. The maximum atomic E-state index is 12.3. The Morgan fingerprint density at radius 3 is 2.84 bits per heavy atom. The summed E-state index contributed by atoms with van der Waals surface area (Å²) in [5.41, 5.74) is 2.46. The summed E-state index contributed by atoms with van der Waals surface area (Å²) in [6.45, 7) is 2.12. The molecule has 3 aromatic rings. The van der Waals surface area contributed by atoms with Crippen LogP contribution in [-0.4, -0.2) is 26.9 Å². The quantitative estimate of drug-likeness (QED) is 0.776. The van der Waals surface area contributed by atoms with E-state index in [1.807, 2.05) is 41.2 Å². The first-order chi connectivity index (χ1) is 12.2. The highest BCUT2D eigenvalue weighted by Gasteiger charge is 2.32. The minimum Gasteiger partial charge on any atom is -0.355 e. The van der Waals surface area contributed by atoms with Gasteiger partial charge >= 0.3 is 0 Å². The lowest BCUT2D eigenvalue weighted by Gasteiger charge is -2.35. The summed E-state index contributed by atoms with van der Waals surface area (Å²) < 4.78 is 7.29. The van der Waals surface area contributed by atoms with Crippen LogP contribution in [0.2, 0.25) is 0 Å². The minimum atomic E-state index is -0.191. The lowest BCUT2D eigenvalue weighted by molar-refractivity contribution is 0.0879. The molecule has 1 amide bonds. The van der Waals surface area contributed by atoms with Crippen LogP contribution in [0.4, 0.5) is 0 Å². The van der Waals surface area contributed by atoms with Crippen molar-refractivity contribution >= 4 is 5.91 Å². The number of benzene rings is 1. The number of hydrogen-bond acceptors (Lipinski definition) is 4. The van der Waals surface area contributed by atoms with Crippen molar-refractivity contribution in [1.82, 2.24) is 20.3 Å². The van der Waals surface area contributed by atoms with Gasteiger partial charge in [-0.15, -0.1) is 0 Å². The first-order valence-corrected chi connectivity index (χ1v) is 8.59. The Balaban J connectivity index is 1.34. The van der Waals surface area contributed by atoms with Crippen LogP contribution in [0.3, 0.4) is 0 Å². The van der Waals surface area contributed by atoms with Gasteiger partial charge in [-0.05, 0) is 24.8 Å². The highest BCUT2D eigenvalue weighted by Crippen LogP contribution is 2.32. The number of carbonyl (C=O) groups excluding carboxylic acids is 1. The first kappa shape index (κ1) is 15.6. The molecule has 0 aliphatic heterocycles. The van der Waals surface area contributed by atoms with Gasteiger partial charge in [0.2, 0.25) is 0 Å². The number of amides is 1. The zero-order valence-corrected chi connectivity index (χ0v) is 14.1. The van der Waals surface area contributed by atoms with E-state index >= 15 is 0 Å². The molecular formula is C19H20N4O2. The van der Waals surface area contributed by atoms with Gasteiger partial charge in [0, 0.05) is 23.9 Å². The van der Waals surface area contributed by atoms with Crippen molar-refractivity contribution in [3.63, 3.8) is 0 Å². The van der Waals surface area contributed by atoms with Crippen LogP contribution in [0, 0.1) is 0 Å². The fourth-order valence-electron chi connectivity index (χ4n) is 3.06. The van der Waals surface area contributed by atoms with E-state index in [2.05, 4.69) is 28.7 Å². The summed E-state index contributed by atoms with van der Waals surface area (Å²) in [7, 11) is 0. The van der Waals surface area contributed by atoms with Crippen LogP contribution in [0.5, 0.6) is 0 Å². The first-order valence-electron chi connectivity index (χ1n) is 8.59. The summed E-state index contributed by atoms with van der Waals surface area (Å²) in [4.78, 5) is 12.3. The van der Waals surface area contributed by atoms with Crippen molar-refractivity contribution in [2.24, 2.45) is 0 Å². The van der Waals surface area contributed by atoms with Crippen molar-refractivity contribution < 1.29 is 9.32 Å². The number of aryl methyl sites for hydroxylation is 1. The lowest BCUT2D eigenvalue weighted by Crippen LogP contribution is -2.45. The van der Waals surface area contributed by atoms with Gasteiger partial charge in [0.1, 0.15) is 0 Å². The molecule has 0 bridgehead atoms. The van der Waals surface area contributed by atoms with E-state index in [0.717, 1.165) is 24.8 Å². The molecule has 0 radical (unpaired) electrons. The third-order valence-electron chi connectivity index (χ3n) is 4.69. The SMILES string of the molecule is CCc1cnn([C@H]2C[C@H](NC(=O)c3cc(-c4ccccc4)on3)C2)c1. The fourth-order valence-corrected chi connectivity index (χ4v) is 3.06. The highest BCUT2D eigenvalue weighted by molar-refractivity contribution is 5.93. The lowest BCUT2D eigenvalue weighted by atomic mass is 9.87. The summed E-state index contributed by atoms with van der Waals surface area (Å²) in [6, 6.07) is 11.8. The molecule has 0 saturated heterocycles. The van der Waals surface area contributed by atoms with Gasteiger partial charge < -0.3 is 9.84 Å². The molecule has 1 saturated carbocycles. The van der Waals surface area contributed by atoms with E-state index in [9.17, 15) is 4.79 Å². The molecule has 1 aliphatic rings. The number of nitrogens with zero attached hydrogens (tertiary/aromatic N) is 3. The van der Waals surface area contributed by atoms with E-state index in [1.165, 1.54) is 5.56 Å². The van der Waals surface area contributed by atoms with E-state index in [0.29, 0.717) is 17.5 Å². The predicted octanol–water partition coefficient (Wildman–Crippen LogP) is 3.23. The molecule has 6 nitrogen and oxygen atoms in total. The zero-order chi connectivity index (χ0) is 17.2. The smallest absolute Gasteiger partial charge is 0.273 e. The Morgan fingerprint density at radius 1 is 1.32 bits per heavy atom. The third kappa shape index (κ3) is 3.20. The van der Waals surface area contributed by atoms with Crippen LogP contribution in [0.15, 0.2) is 53.3 Å². The second-order valence-electron chi connectivity index (χ2n) is 6.42. The molecule has 1 aromatic carbocycles. The summed E-state index contributed by atoms with van der Waals surface area (Å²) in [6.07, 6.45) is 6.77. The molecule has 0 unspecified atom stereocenters. The number of nitrogens with one attached hydrogen (secondary N) is 1. The molecule has 2 heterocycles. The van der Waals surface area contributed by atoms with Crippen LogP contribution < -0.4 is 5.32 Å². The molecule has 0 spiro atoms. The topological polar surface area (TPSA) is 73.0 Å². The Kier molecular flexibility index (Phi) is 4.09. The standard InChI is InChI=1S/C19H20N4O2/c1-2-13-11-20-23(12-13)16-8-15(9-16)21-19(24)17-10-18(25-22-17)14-6-4-3-5-7-14/h3-7,10-12,15-16H,2,8-9H2,1H3,(H,21,24)/t15-,16-. The van der Waals surface area contributed by atoms with Gasteiger partial charge in [-0.3, -0.25) is 9.48 Å². The Morgan fingerprint density at radius 2 is 2.12 bits per heavy atom. The molecule has 1 N–H and O–H groups in total. The van der Waals surface area contributed by atoms with E-state index in [-0.39, 0.29) is 11.9 Å². The van der Waals surface area contributed by atoms with Crippen molar-refractivity contribution in [3.8, 4) is 11.3 Å². The van der Waals surface area contributed by atoms with Gasteiger partial charge in [-0.25, -0.2) is 0 Å². The number of aromatic nitrogens is 3. The summed E-state index contributed by atoms with van der Waals surface area (Å²) >= 11 is 0. The fraction of sp³-hybridized carbons (Fsp3) is 0.316. The molecule has 1 aliphatic carbocycles. The average molecular weight is 336 g/mol. The second-order valence-corrected chi connectivity index (χ2v) is 6.42. The minimum absolute atomic E-state index is 0.156. The number of hydrogen-bond donors (Lipinski definition) is 1. The van der Waals surface area contributed by atoms with Gasteiger partial charge in [0.15, 0.2) is 11.5 Å². The normalized spacial score (nSPS) is 19.4. The summed E-state index contributed by atoms with van der Waals surface area (Å²) in [5, 5.41) is 11.3. The molecule has 6 heteroatoms. The van der Waals surface area contributed by atoms with Crippen LogP contribution >= 0.6 is 0 Å². The van der Waals surface area contributed by atoms with E-state index in [4.69, 9.17) is 4.52 Å². The maximum Gasteiger partial charge on any atom is 0.273 e. The van der Waals surface area contributed by atoms with Crippen molar-refractivity contribution in [2.75, 3.05) is 0 Å². The Labute approximate surface area is 145 Å². The summed E-state index contributed by atoms with van der Waals surface area (Å²) in [5.74, 6) is 0.407. The van der Waals surface area contributed by atoms with Crippen LogP contribution in [0.25, 0.3) is 11.3 Å². The van der Waals surface area contributed by atoms with Crippen LogP contribution in [0.1, 0.15) is 41.9 Å². The Hall–Kier alpha value is -2.89. The second kappa shape index (κ2) is 6.55. The van der Waals surface area contributed by atoms with Crippen LogP contribution in [-0.2, 0) is 6.42 Å². The van der Waals surface area contributed by atoms with Crippen molar-refractivity contribution in [3.05, 3.63) is 60.0 Å². The molecule has 0 atom stereocenters. The largest absolute Gasteiger partial charge is 0.355 e. The van der Waals surface area contributed by atoms with E-state index in [1.54, 1.807) is 6.07 Å². The molecule has 25 heavy (non-hydrogen) atoms. The molecule has 4 rings (SSSR count). The highest BCUT2D eigenvalue weighted by atomic mass is 16.5. The maximum absolute atomic E-state index is 12.3. The molecule has 1 fully saturated rings. The molecular weight excluding hydrogens is 316 g/mol. The number of carbonyl (C=O) groups is 1.